The third-order valence-corrected chi connectivity index (χ3v) is 3.06. The van der Waals surface area contributed by atoms with Crippen molar-refractivity contribution in [3.05, 3.63) is 34.1 Å². The minimum Gasteiger partial charge on any atom is -0.389 e. The summed E-state index contributed by atoms with van der Waals surface area (Å²) in [5.41, 5.74) is -0.693. The molecule has 0 atom stereocenters. The van der Waals surface area contributed by atoms with Crippen molar-refractivity contribution in [1.82, 2.24) is 4.90 Å². The van der Waals surface area contributed by atoms with Crippen LogP contribution in [0.5, 0.6) is 0 Å². The average Bonchev–Trinajstić information content (AvgIpc) is 2.27. The van der Waals surface area contributed by atoms with E-state index in [1.165, 1.54) is 17.0 Å². The number of aliphatic hydroxyl groups is 1. The average molecular weight is 318 g/mol. The maximum Gasteiger partial charge on any atom is 0.254 e. The molecule has 100 valence electrons. The van der Waals surface area contributed by atoms with Crippen LogP contribution in [0.3, 0.4) is 0 Å². The van der Waals surface area contributed by atoms with Crippen LogP contribution in [-0.4, -0.2) is 34.6 Å². The molecule has 0 saturated carbocycles. The molecule has 0 spiro atoms. The zero-order valence-corrected chi connectivity index (χ0v) is 12.3. The van der Waals surface area contributed by atoms with E-state index in [1.54, 1.807) is 19.9 Å². The Hall–Kier alpha value is -0.940. The Bertz CT molecular complexity index is 443. The van der Waals surface area contributed by atoms with Crippen molar-refractivity contribution >= 4 is 21.8 Å². The topological polar surface area (TPSA) is 40.5 Å². The zero-order chi connectivity index (χ0) is 13.9. The van der Waals surface area contributed by atoms with E-state index >= 15 is 0 Å². The van der Waals surface area contributed by atoms with Crippen LogP contribution >= 0.6 is 15.9 Å². The third kappa shape index (κ3) is 4.07. The number of benzene rings is 1. The van der Waals surface area contributed by atoms with Gasteiger partial charge in [0.1, 0.15) is 5.82 Å². The number of rotatable bonds is 4. The lowest BCUT2D eigenvalue weighted by atomic mass is 10.1. The van der Waals surface area contributed by atoms with Crippen molar-refractivity contribution in [2.45, 2.75) is 26.4 Å². The number of halogens is 2. The van der Waals surface area contributed by atoms with Gasteiger partial charge in [-0.05, 0) is 54.9 Å². The first kappa shape index (κ1) is 15.1. The molecule has 0 aliphatic heterocycles. The maximum atomic E-state index is 13.4. The molecule has 18 heavy (non-hydrogen) atoms. The second-order valence-electron chi connectivity index (χ2n) is 4.76. The number of carbonyl (C=O) groups is 1. The molecule has 0 aromatic heterocycles. The fraction of sp³-hybridized carbons (Fsp3) is 0.462. The highest BCUT2D eigenvalue weighted by Gasteiger charge is 2.22. The molecule has 1 aromatic rings. The molecule has 0 aliphatic carbocycles. The fourth-order valence-electron chi connectivity index (χ4n) is 1.61. The molecule has 3 nitrogen and oxygen atoms in total. The van der Waals surface area contributed by atoms with Crippen LogP contribution in [0.2, 0.25) is 0 Å². The van der Waals surface area contributed by atoms with E-state index in [0.29, 0.717) is 11.0 Å². The minimum absolute atomic E-state index is 0.208. The van der Waals surface area contributed by atoms with Gasteiger partial charge in [0.2, 0.25) is 0 Å². The van der Waals surface area contributed by atoms with Gasteiger partial charge in [-0.25, -0.2) is 4.39 Å². The van der Waals surface area contributed by atoms with Crippen molar-refractivity contribution in [3.63, 3.8) is 0 Å². The molecule has 0 heterocycles. The number of likely N-dealkylation sites (N-methyl/N-ethyl adjacent to an activating group) is 1. The Morgan fingerprint density at radius 3 is 2.56 bits per heavy atom. The normalized spacial score (nSPS) is 11.4. The summed E-state index contributed by atoms with van der Waals surface area (Å²) in [4.78, 5) is 13.6. The lowest BCUT2D eigenvalue weighted by Crippen LogP contribution is -2.42. The number of hydrogen-bond acceptors (Lipinski definition) is 2. The van der Waals surface area contributed by atoms with Crippen molar-refractivity contribution in [3.8, 4) is 0 Å². The van der Waals surface area contributed by atoms with Crippen LogP contribution in [0.4, 0.5) is 4.39 Å². The molecule has 0 unspecified atom stereocenters. The molecule has 0 fully saturated rings. The number of carbonyl (C=O) groups excluding carboxylic acids is 1. The van der Waals surface area contributed by atoms with Crippen molar-refractivity contribution < 1.29 is 14.3 Å². The van der Waals surface area contributed by atoms with Gasteiger partial charge in [-0.2, -0.15) is 0 Å². The van der Waals surface area contributed by atoms with Gasteiger partial charge in [-0.1, -0.05) is 0 Å². The molecule has 5 heteroatoms. The standard InChI is InChI=1S/C13H17BrFNO2/c1-4-16(8-13(2,3)18)12(17)9-5-6-10(14)11(15)7-9/h5-7,18H,4,8H2,1-3H3. The highest BCUT2D eigenvalue weighted by molar-refractivity contribution is 9.10. The van der Waals surface area contributed by atoms with Crippen LogP contribution in [-0.2, 0) is 0 Å². The van der Waals surface area contributed by atoms with E-state index in [4.69, 9.17) is 0 Å². The van der Waals surface area contributed by atoms with Gasteiger partial charge in [-0.15, -0.1) is 0 Å². The summed E-state index contributed by atoms with van der Waals surface area (Å²) in [5.74, 6) is -0.758. The summed E-state index contributed by atoms with van der Waals surface area (Å²) in [6.45, 7) is 5.75. The van der Waals surface area contributed by atoms with Gasteiger partial charge in [0.15, 0.2) is 0 Å². The van der Waals surface area contributed by atoms with Crippen LogP contribution in [0.25, 0.3) is 0 Å². The first-order chi connectivity index (χ1) is 8.24. The Balaban J connectivity index is 2.93. The second-order valence-corrected chi connectivity index (χ2v) is 5.61. The molecule has 1 rings (SSSR count). The molecule has 1 N–H and O–H groups in total. The van der Waals surface area contributed by atoms with Crippen LogP contribution in [0.15, 0.2) is 22.7 Å². The fourth-order valence-corrected chi connectivity index (χ4v) is 1.85. The van der Waals surface area contributed by atoms with E-state index < -0.39 is 11.4 Å². The zero-order valence-electron chi connectivity index (χ0n) is 10.7. The van der Waals surface area contributed by atoms with Gasteiger partial charge in [-0.3, -0.25) is 4.79 Å². The Kier molecular flexibility index (Phi) is 4.87. The quantitative estimate of drug-likeness (QED) is 0.927. The molecule has 0 radical (unpaired) electrons. The van der Waals surface area contributed by atoms with E-state index in [9.17, 15) is 14.3 Å². The monoisotopic (exact) mass is 317 g/mol. The van der Waals surface area contributed by atoms with Crippen LogP contribution < -0.4 is 0 Å². The lowest BCUT2D eigenvalue weighted by molar-refractivity contribution is 0.0314. The minimum atomic E-state index is -0.973. The van der Waals surface area contributed by atoms with Gasteiger partial charge in [0, 0.05) is 18.7 Å². The summed E-state index contributed by atoms with van der Waals surface area (Å²) in [5, 5.41) is 9.74. The van der Waals surface area contributed by atoms with Gasteiger partial charge in [0.25, 0.3) is 5.91 Å². The van der Waals surface area contributed by atoms with E-state index in [-0.39, 0.29) is 18.0 Å². The summed E-state index contributed by atoms with van der Waals surface area (Å²) in [6, 6.07) is 4.25. The van der Waals surface area contributed by atoms with Crippen LogP contribution in [0, 0.1) is 5.82 Å². The molecule has 0 saturated heterocycles. The Labute approximate surface area is 115 Å². The summed E-state index contributed by atoms with van der Waals surface area (Å²) in [6.07, 6.45) is 0. The van der Waals surface area contributed by atoms with Gasteiger partial charge in [0.05, 0.1) is 10.1 Å². The highest BCUT2D eigenvalue weighted by Crippen LogP contribution is 2.18. The summed E-state index contributed by atoms with van der Waals surface area (Å²) >= 11 is 3.04. The van der Waals surface area contributed by atoms with Gasteiger partial charge >= 0.3 is 0 Å². The third-order valence-electron chi connectivity index (χ3n) is 2.41. The largest absolute Gasteiger partial charge is 0.389 e. The van der Waals surface area contributed by atoms with Crippen LogP contribution in [0.1, 0.15) is 31.1 Å². The maximum absolute atomic E-state index is 13.4. The Morgan fingerprint density at radius 1 is 1.50 bits per heavy atom. The Morgan fingerprint density at radius 2 is 2.11 bits per heavy atom. The van der Waals surface area contributed by atoms with Crippen molar-refractivity contribution in [2.24, 2.45) is 0 Å². The first-order valence-corrected chi connectivity index (χ1v) is 6.50. The number of nitrogens with zero attached hydrogens (tertiary/aromatic N) is 1. The van der Waals surface area contributed by atoms with E-state index in [0.717, 1.165) is 0 Å². The van der Waals surface area contributed by atoms with E-state index in [1.807, 2.05) is 6.92 Å². The molecule has 1 aromatic carbocycles. The molecule has 0 aliphatic rings. The molecular weight excluding hydrogens is 301 g/mol. The molecule has 1 amide bonds. The van der Waals surface area contributed by atoms with E-state index in [2.05, 4.69) is 15.9 Å². The summed E-state index contributed by atoms with van der Waals surface area (Å²) < 4.78 is 13.7. The predicted octanol–water partition coefficient (Wildman–Crippen LogP) is 2.82. The van der Waals surface area contributed by atoms with Crippen molar-refractivity contribution in [1.29, 1.82) is 0 Å². The van der Waals surface area contributed by atoms with Gasteiger partial charge < -0.3 is 10.0 Å². The summed E-state index contributed by atoms with van der Waals surface area (Å²) in [7, 11) is 0. The number of amides is 1. The SMILES string of the molecule is CCN(CC(C)(C)O)C(=O)c1ccc(Br)c(F)c1. The van der Waals surface area contributed by atoms with Crippen molar-refractivity contribution in [2.75, 3.05) is 13.1 Å². The molecule has 0 bridgehead atoms. The second kappa shape index (κ2) is 5.80. The lowest BCUT2D eigenvalue weighted by Gasteiger charge is -2.28. The predicted molar refractivity (Wildman–Crippen MR) is 72.0 cm³/mol. The number of hydrogen-bond donors (Lipinski definition) is 1. The first-order valence-electron chi connectivity index (χ1n) is 5.71. The highest BCUT2D eigenvalue weighted by atomic mass is 79.9. The smallest absolute Gasteiger partial charge is 0.254 e. The molecular formula is C13H17BrFNO2.